The summed E-state index contributed by atoms with van der Waals surface area (Å²) in [5.41, 5.74) is 6.99. The van der Waals surface area contributed by atoms with Crippen molar-refractivity contribution in [1.29, 1.82) is 0 Å². The van der Waals surface area contributed by atoms with Gasteiger partial charge in [0.15, 0.2) is 0 Å². The van der Waals surface area contributed by atoms with Crippen LogP contribution in [0.1, 0.15) is 16.8 Å². The zero-order chi connectivity index (χ0) is 14.5. The lowest BCUT2D eigenvalue weighted by Crippen LogP contribution is -2.26. The molecule has 0 aliphatic carbocycles. The average Bonchev–Trinajstić information content (AvgIpc) is 2.86. The van der Waals surface area contributed by atoms with Crippen molar-refractivity contribution in [3.05, 3.63) is 42.5 Å². The van der Waals surface area contributed by atoms with Crippen molar-refractivity contribution >= 4 is 17.5 Å². The van der Waals surface area contributed by atoms with Gasteiger partial charge in [0.2, 0.25) is 5.91 Å². The van der Waals surface area contributed by atoms with Crippen LogP contribution >= 0.6 is 0 Å². The van der Waals surface area contributed by atoms with Crippen molar-refractivity contribution in [3.63, 3.8) is 0 Å². The third-order valence-corrected chi connectivity index (χ3v) is 3.39. The summed E-state index contributed by atoms with van der Waals surface area (Å²) in [6.07, 6.45) is 2.13. The summed E-state index contributed by atoms with van der Waals surface area (Å²) in [7, 11) is 0. The van der Waals surface area contributed by atoms with Crippen LogP contribution in [-0.2, 0) is 4.79 Å². The van der Waals surface area contributed by atoms with Crippen molar-refractivity contribution in [2.45, 2.75) is 6.42 Å². The Labute approximate surface area is 118 Å². The molecule has 1 aromatic rings. The highest BCUT2D eigenvalue weighted by Gasteiger charge is 2.29. The van der Waals surface area contributed by atoms with Crippen molar-refractivity contribution in [2.24, 2.45) is 11.7 Å². The van der Waals surface area contributed by atoms with Gasteiger partial charge in [-0.25, -0.2) is 0 Å². The lowest BCUT2D eigenvalue weighted by Gasteiger charge is -2.16. The third kappa shape index (κ3) is 3.05. The van der Waals surface area contributed by atoms with Gasteiger partial charge in [-0.1, -0.05) is 6.08 Å². The van der Waals surface area contributed by atoms with Crippen LogP contribution in [-0.4, -0.2) is 31.4 Å². The van der Waals surface area contributed by atoms with Gasteiger partial charge in [-0.05, 0) is 36.7 Å². The van der Waals surface area contributed by atoms with Gasteiger partial charge in [0, 0.05) is 30.8 Å². The molecule has 1 atom stereocenters. The fourth-order valence-electron chi connectivity index (χ4n) is 2.25. The smallest absolute Gasteiger partial charge is 0.251 e. The molecule has 1 heterocycles. The molecule has 1 aliphatic rings. The molecule has 3 N–H and O–H groups in total. The van der Waals surface area contributed by atoms with Gasteiger partial charge in [-0.3, -0.25) is 9.59 Å². The normalized spacial score (nSPS) is 18.1. The van der Waals surface area contributed by atoms with Crippen LogP contribution in [0.25, 0.3) is 0 Å². The fraction of sp³-hybridized carbons (Fsp3) is 0.333. The van der Waals surface area contributed by atoms with Crippen molar-refractivity contribution < 1.29 is 9.59 Å². The minimum atomic E-state index is -0.149. The predicted octanol–water partition coefficient (Wildman–Crippen LogP) is 0.914. The summed E-state index contributed by atoms with van der Waals surface area (Å²) < 4.78 is 0. The topological polar surface area (TPSA) is 75.4 Å². The van der Waals surface area contributed by atoms with Gasteiger partial charge in [-0.15, -0.1) is 6.58 Å². The van der Waals surface area contributed by atoms with E-state index in [4.69, 9.17) is 5.73 Å². The molecule has 5 nitrogen and oxygen atoms in total. The van der Waals surface area contributed by atoms with Crippen molar-refractivity contribution in [3.8, 4) is 0 Å². The SMILES string of the molecule is C=CCNC(=O)c1ccc(N2CC(CN)CC2=O)cc1. The number of rotatable bonds is 5. The molecule has 0 radical (unpaired) electrons. The Morgan fingerprint density at radius 1 is 1.45 bits per heavy atom. The first-order valence-electron chi connectivity index (χ1n) is 6.65. The summed E-state index contributed by atoms with van der Waals surface area (Å²) in [5, 5.41) is 2.71. The maximum atomic E-state index is 11.9. The summed E-state index contributed by atoms with van der Waals surface area (Å²) in [4.78, 5) is 25.4. The van der Waals surface area contributed by atoms with E-state index in [2.05, 4.69) is 11.9 Å². The predicted molar refractivity (Wildman–Crippen MR) is 78.5 cm³/mol. The van der Waals surface area contributed by atoms with Crippen LogP contribution < -0.4 is 16.0 Å². The Morgan fingerprint density at radius 3 is 2.70 bits per heavy atom. The molecule has 0 bridgehead atoms. The molecule has 5 heteroatoms. The zero-order valence-electron chi connectivity index (χ0n) is 11.3. The summed E-state index contributed by atoms with van der Waals surface area (Å²) in [6, 6.07) is 7.02. The van der Waals surface area contributed by atoms with E-state index in [1.165, 1.54) is 0 Å². The van der Waals surface area contributed by atoms with Crippen molar-refractivity contribution in [2.75, 3.05) is 24.5 Å². The fourth-order valence-corrected chi connectivity index (χ4v) is 2.25. The van der Waals surface area contributed by atoms with E-state index in [9.17, 15) is 9.59 Å². The van der Waals surface area contributed by atoms with E-state index in [0.29, 0.717) is 31.6 Å². The minimum absolute atomic E-state index is 0.0873. The van der Waals surface area contributed by atoms with E-state index < -0.39 is 0 Å². The van der Waals surface area contributed by atoms with Crippen LogP contribution in [0.3, 0.4) is 0 Å². The highest BCUT2D eigenvalue weighted by molar-refractivity contribution is 5.97. The van der Waals surface area contributed by atoms with Gasteiger partial charge in [0.1, 0.15) is 0 Å². The summed E-state index contributed by atoms with van der Waals surface area (Å²) in [5.74, 6) is 0.159. The maximum absolute atomic E-state index is 11.9. The highest BCUT2D eigenvalue weighted by atomic mass is 16.2. The standard InChI is InChI=1S/C15H19N3O2/c1-2-7-17-15(20)12-3-5-13(6-4-12)18-10-11(9-16)8-14(18)19/h2-6,11H,1,7-10,16H2,(H,17,20). The van der Waals surface area contributed by atoms with Crippen LogP contribution in [0.2, 0.25) is 0 Å². The Balaban J connectivity index is 2.06. The maximum Gasteiger partial charge on any atom is 0.251 e. The van der Waals surface area contributed by atoms with Gasteiger partial charge in [0.25, 0.3) is 5.91 Å². The Bertz CT molecular complexity index is 510. The first-order chi connectivity index (χ1) is 9.65. The van der Waals surface area contributed by atoms with Crippen LogP contribution in [0.4, 0.5) is 5.69 Å². The van der Waals surface area contributed by atoms with E-state index >= 15 is 0 Å². The number of carbonyl (C=O) groups excluding carboxylic acids is 2. The monoisotopic (exact) mass is 273 g/mol. The lowest BCUT2D eigenvalue weighted by molar-refractivity contribution is -0.117. The van der Waals surface area contributed by atoms with E-state index in [1.54, 1.807) is 35.2 Å². The number of nitrogens with zero attached hydrogens (tertiary/aromatic N) is 1. The lowest BCUT2D eigenvalue weighted by atomic mass is 10.1. The molecule has 1 aliphatic heterocycles. The van der Waals surface area contributed by atoms with Gasteiger partial charge >= 0.3 is 0 Å². The third-order valence-electron chi connectivity index (χ3n) is 3.39. The molecule has 1 fully saturated rings. The van der Waals surface area contributed by atoms with Crippen LogP contribution in [0, 0.1) is 5.92 Å². The molecule has 1 aromatic carbocycles. The second-order valence-corrected chi connectivity index (χ2v) is 4.86. The Hall–Kier alpha value is -2.14. The number of amides is 2. The molecule has 0 spiro atoms. The number of carbonyl (C=O) groups is 2. The number of hydrogen-bond donors (Lipinski definition) is 2. The molecule has 106 valence electrons. The average molecular weight is 273 g/mol. The zero-order valence-corrected chi connectivity index (χ0v) is 11.3. The van der Waals surface area contributed by atoms with Crippen LogP contribution in [0.5, 0.6) is 0 Å². The molecule has 20 heavy (non-hydrogen) atoms. The minimum Gasteiger partial charge on any atom is -0.349 e. The second-order valence-electron chi connectivity index (χ2n) is 4.86. The first kappa shape index (κ1) is 14.3. The van der Waals surface area contributed by atoms with Gasteiger partial charge < -0.3 is 16.0 Å². The molecule has 2 amide bonds. The van der Waals surface area contributed by atoms with E-state index in [0.717, 1.165) is 5.69 Å². The number of nitrogens with one attached hydrogen (secondary N) is 1. The number of hydrogen-bond acceptors (Lipinski definition) is 3. The van der Waals surface area contributed by atoms with Crippen LogP contribution in [0.15, 0.2) is 36.9 Å². The molecular weight excluding hydrogens is 254 g/mol. The number of anilines is 1. The number of benzene rings is 1. The van der Waals surface area contributed by atoms with E-state index in [1.807, 2.05) is 0 Å². The molecular formula is C15H19N3O2. The molecule has 0 aromatic heterocycles. The molecule has 2 rings (SSSR count). The molecule has 0 saturated carbocycles. The van der Waals surface area contributed by atoms with Gasteiger partial charge in [-0.2, -0.15) is 0 Å². The van der Waals surface area contributed by atoms with E-state index in [-0.39, 0.29) is 17.7 Å². The highest BCUT2D eigenvalue weighted by Crippen LogP contribution is 2.24. The largest absolute Gasteiger partial charge is 0.349 e. The number of nitrogens with two attached hydrogens (primary N) is 1. The summed E-state index contributed by atoms with van der Waals surface area (Å²) in [6.45, 7) is 5.15. The first-order valence-corrected chi connectivity index (χ1v) is 6.65. The Kier molecular flexibility index (Phi) is 4.53. The van der Waals surface area contributed by atoms with Gasteiger partial charge in [0.05, 0.1) is 0 Å². The Morgan fingerprint density at radius 2 is 2.15 bits per heavy atom. The van der Waals surface area contributed by atoms with Crippen molar-refractivity contribution in [1.82, 2.24) is 5.32 Å². The quantitative estimate of drug-likeness (QED) is 0.783. The molecule has 1 unspecified atom stereocenters. The summed E-state index contributed by atoms with van der Waals surface area (Å²) >= 11 is 0. The molecule has 1 saturated heterocycles. The second kappa shape index (κ2) is 6.34.